The second-order valence-corrected chi connectivity index (χ2v) is 7.53. The number of amides is 1. The molecule has 0 radical (unpaired) electrons. The van der Waals surface area contributed by atoms with Crippen LogP contribution in [0.3, 0.4) is 0 Å². The van der Waals surface area contributed by atoms with Gasteiger partial charge in [-0.3, -0.25) is 9.78 Å². The number of hydrogen-bond acceptors (Lipinski definition) is 4. The molecule has 6 heteroatoms. The average Bonchev–Trinajstić information content (AvgIpc) is 3.33. The summed E-state index contributed by atoms with van der Waals surface area (Å²) in [7, 11) is 0. The van der Waals surface area contributed by atoms with Crippen molar-refractivity contribution in [2.24, 2.45) is 5.92 Å². The highest BCUT2D eigenvalue weighted by Gasteiger charge is 2.38. The molecule has 3 heterocycles. The summed E-state index contributed by atoms with van der Waals surface area (Å²) in [4.78, 5) is 17.1. The van der Waals surface area contributed by atoms with Crippen LogP contribution in [0.15, 0.2) is 54.9 Å². The van der Waals surface area contributed by atoms with Gasteiger partial charge in [0.15, 0.2) is 0 Å². The van der Waals surface area contributed by atoms with Crippen molar-refractivity contribution in [2.45, 2.75) is 39.3 Å². The summed E-state index contributed by atoms with van der Waals surface area (Å²) in [6.45, 7) is 6.58. The highest BCUT2D eigenvalue weighted by molar-refractivity contribution is 5.80. The molecule has 6 nitrogen and oxygen atoms in total. The number of nitrogens with one attached hydrogen (secondary N) is 1. The van der Waals surface area contributed by atoms with Crippen molar-refractivity contribution in [2.75, 3.05) is 6.61 Å². The van der Waals surface area contributed by atoms with Gasteiger partial charge in [-0.25, -0.2) is 4.68 Å². The maximum atomic E-state index is 13.1. The molecule has 150 valence electrons. The molecule has 0 bridgehead atoms. The molecular formula is C23H26N4O2. The Kier molecular flexibility index (Phi) is 5.45. The first-order valence-electron chi connectivity index (χ1n) is 9.99. The normalized spacial score (nSPS) is 19.8. The number of aromatic nitrogens is 3. The molecule has 1 aromatic carbocycles. The Balaban J connectivity index is 1.57. The highest BCUT2D eigenvalue weighted by Crippen LogP contribution is 2.38. The van der Waals surface area contributed by atoms with Crippen molar-refractivity contribution in [3.8, 4) is 5.69 Å². The molecule has 0 saturated carbocycles. The number of hydrogen-bond donors (Lipinski definition) is 1. The second kappa shape index (κ2) is 8.17. The van der Waals surface area contributed by atoms with E-state index in [1.165, 1.54) is 0 Å². The maximum absolute atomic E-state index is 13.1. The van der Waals surface area contributed by atoms with Crippen LogP contribution in [-0.4, -0.2) is 27.3 Å². The van der Waals surface area contributed by atoms with Crippen molar-refractivity contribution in [1.29, 1.82) is 0 Å². The van der Waals surface area contributed by atoms with Crippen molar-refractivity contribution in [3.05, 3.63) is 77.4 Å². The molecule has 1 aliphatic heterocycles. The van der Waals surface area contributed by atoms with E-state index in [4.69, 9.17) is 9.84 Å². The van der Waals surface area contributed by atoms with Gasteiger partial charge in [-0.05, 0) is 57.0 Å². The van der Waals surface area contributed by atoms with Gasteiger partial charge in [-0.2, -0.15) is 5.10 Å². The van der Waals surface area contributed by atoms with Crippen LogP contribution in [0.5, 0.6) is 0 Å². The Morgan fingerprint density at radius 3 is 2.62 bits per heavy atom. The number of benzene rings is 1. The third kappa shape index (κ3) is 3.80. The van der Waals surface area contributed by atoms with E-state index in [0.29, 0.717) is 13.0 Å². The minimum atomic E-state index is -0.280. The lowest BCUT2D eigenvalue weighted by atomic mass is 9.92. The van der Waals surface area contributed by atoms with E-state index in [9.17, 15) is 4.79 Å². The molecule has 4 rings (SSSR count). The van der Waals surface area contributed by atoms with Gasteiger partial charge in [-0.1, -0.05) is 18.2 Å². The number of carbonyl (C=O) groups is 1. The molecule has 1 fully saturated rings. The first-order valence-corrected chi connectivity index (χ1v) is 9.99. The molecule has 0 spiro atoms. The molecule has 3 aromatic rings. The number of rotatable bonds is 5. The lowest BCUT2D eigenvalue weighted by Gasteiger charge is -2.22. The van der Waals surface area contributed by atoms with Crippen LogP contribution in [0, 0.1) is 19.8 Å². The van der Waals surface area contributed by atoms with Crippen LogP contribution in [0.2, 0.25) is 0 Å². The summed E-state index contributed by atoms with van der Waals surface area (Å²) in [6, 6.07) is 13.8. The van der Waals surface area contributed by atoms with Crippen molar-refractivity contribution < 1.29 is 9.53 Å². The van der Waals surface area contributed by atoms with Crippen LogP contribution >= 0.6 is 0 Å². The molecule has 1 amide bonds. The monoisotopic (exact) mass is 390 g/mol. The van der Waals surface area contributed by atoms with Crippen LogP contribution in [-0.2, 0) is 9.53 Å². The number of carbonyl (C=O) groups excluding carboxylic acids is 1. The Morgan fingerprint density at radius 1 is 1.17 bits per heavy atom. The van der Waals surface area contributed by atoms with Crippen molar-refractivity contribution in [3.63, 3.8) is 0 Å². The van der Waals surface area contributed by atoms with E-state index in [0.717, 1.165) is 28.2 Å². The fourth-order valence-electron chi connectivity index (χ4n) is 4.09. The number of nitrogens with zero attached hydrogens (tertiary/aromatic N) is 3. The molecule has 1 aliphatic rings. The summed E-state index contributed by atoms with van der Waals surface area (Å²) in [6.07, 6.45) is 3.90. The quantitative estimate of drug-likeness (QED) is 0.719. The highest BCUT2D eigenvalue weighted by atomic mass is 16.5. The third-order valence-corrected chi connectivity index (χ3v) is 5.63. The predicted molar refractivity (Wildman–Crippen MR) is 111 cm³/mol. The summed E-state index contributed by atoms with van der Waals surface area (Å²) in [5, 5.41) is 7.87. The number of para-hydroxylation sites is 1. The fourth-order valence-corrected chi connectivity index (χ4v) is 4.09. The molecular weight excluding hydrogens is 364 g/mol. The van der Waals surface area contributed by atoms with Gasteiger partial charge < -0.3 is 10.1 Å². The van der Waals surface area contributed by atoms with Gasteiger partial charge in [0, 0.05) is 30.3 Å². The Bertz CT molecular complexity index is 985. The van der Waals surface area contributed by atoms with E-state index < -0.39 is 0 Å². The van der Waals surface area contributed by atoms with E-state index >= 15 is 0 Å². The Morgan fingerprint density at radius 2 is 1.90 bits per heavy atom. The largest absolute Gasteiger partial charge is 0.373 e. The van der Waals surface area contributed by atoms with Gasteiger partial charge in [0.2, 0.25) is 5.91 Å². The van der Waals surface area contributed by atoms with E-state index in [1.807, 2.05) is 67.9 Å². The van der Waals surface area contributed by atoms with E-state index in [-0.39, 0.29) is 24.0 Å². The fraction of sp³-hybridized carbons (Fsp3) is 0.348. The van der Waals surface area contributed by atoms with Gasteiger partial charge in [0.25, 0.3) is 0 Å². The van der Waals surface area contributed by atoms with E-state index in [1.54, 1.807) is 12.4 Å². The zero-order valence-corrected chi connectivity index (χ0v) is 17.0. The van der Waals surface area contributed by atoms with Gasteiger partial charge in [-0.15, -0.1) is 0 Å². The SMILES string of the molecule is Cc1nn(-c2ccccc2)c(C)c1[C@H]1OCC[C@@H]1C(=O)N[C@@H](C)c1ccncc1. The molecule has 1 N–H and O–H groups in total. The van der Waals surface area contributed by atoms with Crippen LogP contribution in [0.4, 0.5) is 0 Å². The smallest absolute Gasteiger partial charge is 0.226 e. The second-order valence-electron chi connectivity index (χ2n) is 7.53. The lowest BCUT2D eigenvalue weighted by molar-refractivity contribution is -0.127. The molecule has 0 unspecified atom stereocenters. The summed E-state index contributed by atoms with van der Waals surface area (Å²) >= 11 is 0. The molecule has 0 aliphatic carbocycles. The van der Waals surface area contributed by atoms with Crippen molar-refractivity contribution in [1.82, 2.24) is 20.1 Å². The average molecular weight is 390 g/mol. The van der Waals surface area contributed by atoms with E-state index in [2.05, 4.69) is 10.3 Å². The Labute approximate surface area is 170 Å². The Hall–Kier alpha value is -2.99. The summed E-state index contributed by atoms with van der Waals surface area (Å²) < 4.78 is 7.98. The predicted octanol–water partition coefficient (Wildman–Crippen LogP) is 3.84. The number of ether oxygens (including phenoxy) is 1. The molecule has 3 atom stereocenters. The maximum Gasteiger partial charge on any atom is 0.226 e. The third-order valence-electron chi connectivity index (χ3n) is 5.63. The van der Waals surface area contributed by atoms with Gasteiger partial charge >= 0.3 is 0 Å². The first-order chi connectivity index (χ1) is 14.1. The summed E-state index contributed by atoms with van der Waals surface area (Å²) in [5.41, 5.74) is 4.97. The van der Waals surface area contributed by atoms with Crippen LogP contribution < -0.4 is 5.32 Å². The zero-order chi connectivity index (χ0) is 20.4. The molecule has 2 aromatic heterocycles. The van der Waals surface area contributed by atoms with Crippen LogP contribution in [0.1, 0.15) is 48.0 Å². The number of aryl methyl sites for hydroxylation is 1. The van der Waals surface area contributed by atoms with Crippen molar-refractivity contribution >= 4 is 5.91 Å². The minimum absolute atomic E-state index is 0.0167. The van der Waals surface area contributed by atoms with Gasteiger partial charge in [0.05, 0.1) is 29.4 Å². The van der Waals surface area contributed by atoms with Crippen LogP contribution in [0.25, 0.3) is 5.69 Å². The first kappa shape index (κ1) is 19.3. The minimum Gasteiger partial charge on any atom is -0.373 e. The molecule has 29 heavy (non-hydrogen) atoms. The zero-order valence-electron chi connectivity index (χ0n) is 17.0. The molecule has 1 saturated heterocycles. The van der Waals surface area contributed by atoms with Gasteiger partial charge in [0.1, 0.15) is 0 Å². The topological polar surface area (TPSA) is 69.0 Å². The standard InChI is InChI=1S/C23H26N4O2/c1-15(18-9-12-24-13-10-18)25-23(28)20-11-14-29-22(20)21-16(2)26-27(17(21)3)19-7-5-4-6-8-19/h4-10,12-13,15,20,22H,11,14H2,1-3H3,(H,25,28)/t15-,20-,22-/m0/s1. The summed E-state index contributed by atoms with van der Waals surface area (Å²) in [5.74, 6) is -0.215. The number of pyridine rings is 1. The lowest BCUT2D eigenvalue weighted by Crippen LogP contribution is -2.34.